The Morgan fingerprint density at radius 2 is 0.926 bits per heavy atom. The van der Waals surface area contributed by atoms with E-state index in [0.717, 1.165) is 12.8 Å². The maximum atomic E-state index is 11.5. The Bertz CT molecular complexity index is 320. The van der Waals surface area contributed by atoms with Crippen LogP contribution >= 0.6 is 0 Å². The minimum absolute atomic E-state index is 0.245. The van der Waals surface area contributed by atoms with Crippen molar-refractivity contribution in [2.75, 3.05) is 0 Å². The predicted molar refractivity (Wildman–Crippen MR) is 116 cm³/mol. The van der Waals surface area contributed by atoms with Crippen molar-refractivity contribution in [3.8, 4) is 0 Å². The molecule has 27 heavy (non-hydrogen) atoms. The number of hydrogen-bond donors (Lipinski definition) is 0. The second kappa shape index (κ2) is 18.8. The molecule has 0 fully saturated rings. The van der Waals surface area contributed by atoms with E-state index in [4.69, 9.17) is 9.78 Å². The molecule has 0 spiro atoms. The molecule has 0 aromatic carbocycles. The number of unbranched alkanes of at least 4 members (excludes halogenated alkanes) is 16. The molecule has 0 amide bonds. The van der Waals surface area contributed by atoms with E-state index in [0.29, 0.717) is 6.42 Å². The van der Waals surface area contributed by atoms with E-state index in [1.54, 1.807) is 0 Å². The lowest BCUT2D eigenvalue weighted by Gasteiger charge is -2.16. The largest absolute Gasteiger partial charge is 0.342 e. The van der Waals surface area contributed by atoms with E-state index in [1.165, 1.54) is 96.3 Å². The summed E-state index contributed by atoms with van der Waals surface area (Å²) in [5, 5.41) is 0. The lowest BCUT2D eigenvalue weighted by atomic mass is 10.0. The Hall–Kier alpha value is -0.570. The smallest absolute Gasteiger partial charge is 0.298 e. The van der Waals surface area contributed by atoms with Gasteiger partial charge in [0.2, 0.25) is 0 Å². The molecule has 0 rings (SSSR count). The van der Waals surface area contributed by atoms with E-state index < -0.39 is 5.60 Å². The number of hydrogen-bond acceptors (Lipinski definition) is 3. The van der Waals surface area contributed by atoms with E-state index in [-0.39, 0.29) is 5.97 Å². The zero-order valence-electron chi connectivity index (χ0n) is 19.0. The van der Waals surface area contributed by atoms with Gasteiger partial charge in [0.25, 0.3) is 0 Å². The molecule has 0 aromatic heterocycles. The zero-order valence-corrected chi connectivity index (χ0v) is 19.0. The second-order valence-electron chi connectivity index (χ2n) is 9.06. The third-order valence-electron chi connectivity index (χ3n) is 4.87. The molecule has 0 N–H and O–H groups in total. The van der Waals surface area contributed by atoms with Crippen LogP contribution in [0, 0.1) is 0 Å². The number of carbonyl (C=O) groups excluding carboxylic acids is 1. The summed E-state index contributed by atoms with van der Waals surface area (Å²) in [4.78, 5) is 21.3. The normalized spacial score (nSPS) is 11.7. The van der Waals surface area contributed by atoms with Gasteiger partial charge >= 0.3 is 5.97 Å². The monoisotopic (exact) mass is 384 g/mol. The fourth-order valence-electron chi connectivity index (χ4n) is 3.21. The van der Waals surface area contributed by atoms with Gasteiger partial charge in [-0.1, -0.05) is 110 Å². The van der Waals surface area contributed by atoms with Gasteiger partial charge in [0, 0.05) is 6.42 Å². The number of carbonyl (C=O) groups is 1. The summed E-state index contributed by atoms with van der Waals surface area (Å²) in [6, 6.07) is 0. The van der Waals surface area contributed by atoms with Gasteiger partial charge in [-0.25, -0.2) is 4.79 Å². The fraction of sp³-hybridized carbons (Fsp3) is 0.958. The molecule has 0 saturated heterocycles. The standard InChI is InChI=1S/C24H48O3/c1-5-6-7-8-9-10-11-12-13-14-15-16-17-18-19-20-21-22-23(25)26-27-24(2,3)4/h5-22H2,1-4H3. The highest BCUT2D eigenvalue weighted by molar-refractivity contribution is 5.68. The molecular formula is C24H48O3. The third kappa shape index (κ3) is 23.4. The van der Waals surface area contributed by atoms with E-state index in [2.05, 4.69) is 6.92 Å². The highest BCUT2D eigenvalue weighted by atomic mass is 17.2. The van der Waals surface area contributed by atoms with Crippen molar-refractivity contribution in [1.82, 2.24) is 0 Å². The molecule has 0 aliphatic heterocycles. The van der Waals surface area contributed by atoms with Crippen LogP contribution in [0.15, 0.2) is 0 Å². The molecule has 162 valence electrons. The predicted octanol–water partition coefficient (Wildman–Crippen LogP) is 8.30. The number of rotatable bonds is 19. The van der Waals surface area contributed by atoms with E-state index in [9.17, 15) is 4.79 Å². The fourth-order valence-corrected chi connectivity index (χ4v) is 3.21. The van der Waals surface area contributed by atoms with Crippen LogP contribution in [0.3, 0.4) is 0 Å². The van der Waals surface area contributed by atoms with Gasteiger partial charge in [-0.2, -0.15) is 4.89 Å². The first kappa shape index (κ1) is 26.4. The molecular weight excluding hydrogens is 336 g/mol. The van der Waals surface area contributed by atoms with Gasteiger partial charge in [-0.15, -0.1) is 0 Å². The van der Waals surface area contributed by atoms with Crippen molar-refractivity contribution in [2.45, 2.75) is 149 Å². The zero-order chi connectivity index (χ0) is 20.2. The molecule has 3 nitrogen and oxygen atoms in total. The van der Waals surface area contributed by atoms with Gasteiger partial charge in [-0.3, -0.25) is 4.89 Å². The SMILES string of the molecule is CCCCCCCCCCCCCCCCCCCC(=O)OOC(C)(C)C. The Kier molecular flexibility index (Phi) is 18.4. The van der Waals surface area contributed by atoms with Crippen LogP contribution < -0.4 is 0 Å². The molecule has 0 saturated carbocycles. The maximum Gasteiger partial charge on any atom is 0.342 e. The van der Waals surface area contributed by atoms with Crippen LogP contribution in [-0.4, -0.2) is 11.6 Å². The molecule has 0 aromatic rings. The molecule has 0 aliphatic rings. The van der Waals surface area contributed by atoms with Crippen molar-refractivity contribution in [1.29, 1.82) is 0 Å². The molecule has 0 heterocycles. The Morgan fingerprint density at radius 1 is 0.593 bits per heavy atom. The van der Waals surface area contributed by atoms with Gasteiger partial charge in [0.1, 0.15) is 5.60 Å². The topological polar surface area (TPSA) is 35.5 Å². The molecule has 0 radical (unpaired) electrons. The molecule has 3 heteroatoms. The summed E-state index contributed by atoms with van der Waals surface area (Å²) in [6.07, 6.45) is 23.4. The summed E-state index contributed by atoms with van der Waals surface area (Å²) in [5.41, 5.74) is -0.427. The maximum absolute atomic E-state index is 11.5. The minimum atomic E-state index is -0.427. The molecule has 0 unspecified atom stereocenters. The summed E-state index contributed by atoms with van der Waals surface area (Å²) in [6.45, 7) is 7.89. The van der Waals surface area contributed by atoms with Crippen LogP contribution in [-0.2, 0) is 14.6 Å². The first-order valence-corrected chi connectivity index (χ1v) is 11.8. The Morgan fingerprint density at radius 3 is 1.26 bits per heavy atom. The lowest BCUT2D eigenvalue weighted by molar-refractivity contribution is -0.320. The van der Waals surface area contributed by atoms with Crippen LogP contribution in [0.4, 0.5) is 0 Å². The Balaban J connectivity index is 3.14. The van der Waals surface area contributed by atoms with Crippen molar-refractivity contribution in [3.05, 3.63) is 0 Å². The molecule has 0 aliphatic carbocycles. The summed E-state index contributed by atoms with van der Waals surface area (Å²) in [7, 11) is 0. The molecule has 0 atom stereocenters. The van der Waals surface area contributed by atoms with Gasteiger partial charge in [0.15, 0.2) is 0 Å². The van der Waals surface area contributed by atoms with E-state index in [1.807, 2.05) is 20.8 Å². The highest BCUT2D eigenvalue weighted by Crippen LogP contribution is 2.14. The third-order valence-corrected chi connectivity index (χ3v) is 4.87. The first-order valence-electron chi connectivity index (χ1n) is 11.8. The second-order valence-corrected chi connectivity index (χ2v) is 9.06. The van der Waals surface area contributed by atoms with Crippen molar-refractivity contribution in [3.63, 3.8) is 0 Å². The summed E-state index contributed by atoms with van der Waals surface area (Å²) >= 11 is 0. The van der Waals surface area contributed by atoms with Crippen LogP contribution in [0.25, 0.3) is 0 Å². The van der Waals surface area contributed by atoms with Gasteiger partial charge in [0.05, 0.1) is 0 Å². The lowest BCUT2D eigenvalue weighted by Crippen LogP contribution is -2.21. The van der Waals surface area contributed by atoms with Crippen molar-refractivity contribution >= 4 is 5.97 Å². The van der Waals surface area contributed by atoms with Crippen LogP contribution in [0.2, 0.25) is 0 Å². The minimum Gasteiger partial charge on any atom is -0.298 e. The average Bonchev–Trinajstić information content (AvgIpc) is 2.62. The van der Waals surface area contributed by atoms with Crippen LogP contribution in [0.1, 0.15) is 143 Å². The van der Waals surface area contributed by atoms with Crippen molar-refractivity contribution < 1.29 is 14.6 Å². The van der Waals surface area contributed by atoms with Crippen LogP contribution in [0.5, 0.6) is 0 Å². The summed E-state index contributed by atoms with van der Waals surface area (Å²) < 4.78 is 0. The quantitative estimate of drug-likeness (QED) is 0.128. The van der Waals surface area contributed by atoms with Gasteiger partial charge in [-0.05, 0) is 27.2 Å². The Labute approximate surface area is 169 Å². The summed E-state index contributed by atoms with van der Waals surface area (Å²) in [5.74, 6) is -0.245. The molecule has 0 bridgehead atoms. The average molecular weight is 385 g/mol. The van der Waals surface area contributed by atoms with E-state index >= 15 is 0 Å². The van der Waals surface area contributed by atoms with Gasteiger partial charge < -0.3 is 0 Å². The first-order chi connectivity index (χ1) is 13.0. The highest BCUT2D eigenvalue weighted by Gasteiger charge is 2.14. The van der Waals surface area contributed by atoms with Crippen molar-refractivity contribution in [2.24, 2.45) is 0 Å².